The van der Waals surface area contributed by atoms with E-state index < -0.39 is 0 Å². The molecule has 4 aromatic carbocycles. The highest BCUT2D eigenvalue weighted by molar-refractivity contribution is 5.53. The number of nitrogens with zero attached hydrogens (tertiary/aromatic N) is 4. The van der Waals surface area contributed by atoms with E-state index in [4.69, 9.17) is 10.2 Å². The van der Waals surface area contributed by atoms with Crippen molar-refractivity contribution in [2.45, 2.75) is 237 Å². The van der Waals surface area contributed by atoms with Gasteiger partial charge in [-0.1, -0.05) is 203 Å². The average molecular weight is 962 g/mol. The second-order valence-corrected chi connectivity index (χ2v) is 25.2. The van der Waals surface area contributed by atoms with Crippen molar-refractivity contribution >= 4 is 23.8 Å². The zero-order chi connectivity index (χ0) is 54.3. The Hall–Kier alpha value is -5.01. The summed E-state index contributed by atoms with van der Waals surface area (Å²) in [4.78, 5) is 3.72. The van der Waals surface area contributed by atoms with Crippen molar-refractivity contribution in [3.8, 4) is 17.5 Å². The van der Waals surface area contributed by atoms with Gasteiger partial charge in [0.1, 0.15) is 0 Å². The van der Waals surface area contributed by atoms with Crippen LogP contribution in [-0.2, 0) is 58.2 Å². The Balaban J connectivity index is 0.000000383. The normalized spacial score (nSPS) is 12.2. The minimum atomic E-state index is 0.0666. The van der Waals surface area contributed by atoms with Crippen LogP contribution in [0.1, 0.15) is 235 Å². The highest BCUT2D eigenvalue weighted by Crippen LogP contribution is 2.38. The van der Waals surface area contributed by atoms with Gasteiger partial charge in [-0.3, -0.25) is 4.99 Å². The molecule has 0 fully saturated rings. The van der Waals surface area contributed by atoms with Gasteiger partial charge in [-0.25, -0.2) is 0 Å². The Bertz CT molecular complexity index is 2330. The zero-order valence-electron chi connectivity index (χ0n) is 49.8. The number of aliphatic imine (C=N–C) groups is 1. The third-order valence-electron chi connectivity index (χ3n) is 12.9. The molecule has 1 aromatic heterocycles. The van der Waals surface area contributed by atoms with Gasteiger partial charge in [-0.05, 0) is 158 Å². The maximum atomic E-state index is 4.70. The first-order chi connectivity index (χ1) is 32.7. The van der Waals surface area contributed by atoms with Crippen molar-refractivity contribution in [3.05, 3.63) is 141 Å². The number of para-hydroxylation sites is 1. The fraction of sp³-hybridized carbons (Fsp3) is 0.537. The lowest BCUT2D eigenvalue weighted by Crippen LogP contribution is -2.18. The summed E-state index contributed by atoms with van der Waals surface area (Å²) in [6.07, 6.45) is 6.40. The summed E-state index contributed by atoms with van der Waals surface area (Å²) in [6, 6.07) is 30.3. The summed E-state index contributed by atoms with van der Waals surface area (Å²) >= 11 is 0. The predicted molar refractivity (Wildman–Crippen MR) is 317 cm³/mol. The molecule has 4 heteroatoms. The van der Waals surface area contributed by atoms with Crippen molar-refractivity contribution in [1.82, 2.24) is 4.57 Å². The van der Waals surface area contributed by atoms with E-state index in [-0.39, 0.29) is 32.5 Å². The van der Waals surface area contributed by atoms with Gasteiger partial charge in [0.25, 0.3) is 0 Å². The molecule has 71 heavy (non-hydrogen) atoms. The van der Waals surface area contributed by atoms with Gasteiger partial charge in [0.15, 0.2) is 0 Å². The van der Waals surface area contributed by atoms with E-state index in [1.54, 1.807) is 11.1 Å². The lowest BCUT2D eigenvalue weighted by molar-refractivity contribution is 0.567. The number of hydrogen-bond donors (Lipinski definition) is 0. The van der Waals surface area contributed by atoms with E-state index in [2.05, 4.69) is 249 Å². The first-order valence-corrected chi connectivity index (χ1v) is 26.8. The van der Waals surface area contributed by atoms with Gasteiger partial charge < -0.3 is 4.57 Å². The first-order valence-electron chi connectivity index (χ1n) is 26.8. The molecule has 0 aliphatic rings. The van der Waals surface area contributed by atoms with Crippen molar-refractivity contribution < 1.29 is 0 Å². The number of aromatic nitrogens is 1. The molecule has 0 radical (unpaired) electrons. The maximum Gasteiger partial charge on any atom is 0.0862 e. The van der Waals surface area contributed by atoms with Crippen LogP contribution in [0.15, 0.2) is 100 Å². The molecule has 0 aliphatic heterocycles. The molecule has 0 aliphatic carbocycles. The lowest BCUT2D eigenvalue weighted by Gasteiger charge is -2.27. The second-order valence-electron chi connectivity index (χ2n) is 25.2. The van der Waals surface area contributed by atoms with Gasteiger partial charge in [-0.15, -0.1) is 11.8 Å². The second kappa shape index (κ2) is 26.1. The highest BCUT2D eigenvalue weighted by Gasteiger charge is 2.26. The van der Waals surface area contributed by atoms with Crippen molar-refractivity contribution in [1.29, 1.82) is 0 Å². The van der Waals surface area contributed by atoms with E-state index in [9.17, 15) is 0 Å². The van der Waals surface area contributed by atoms with Gasteiger partial charge in [0.05, 0.1) is 17.1 Å². The summed E-state index contributed by atoms with van der Waals surface area (Å²) in [6.45, 7) is 57.7. The van der Waals surface area contributed by atoms with Crippen LogP contribution in [0.25, 0.3) is 5.69 Å². The van der Waals surface area contributed by atoms with Crippen LogP contribution in [-0.4, -0.2) is 11.3 Å². The van der Waals surface area contributed by atoms with E-state index >= 15 is 0 Å². The van der Waals surface area contributed by atoms with Gasteiger partial charge in [-0.2, -0.15) is 10.2 Å². The van der Waals surface area contributed by atoms with Crippen LogP contribution in [0.5, 0.6) is 0 Å². The molecular formula is C67H100N4. The molecule has 5 rings (SSSR count). The molecule has 0 amide bonds. The highest BCUT2D eigenvalue weighted by atomic mass is 15.1. The molecule has 0 atom stereocenters. The number of azo groups is 1. The quantitative estimate of drug-likeness (QED) is 0.0845. The van der Waals surface area contributed by atoms with Crippen LogP contribution in [0.3, 0.4) is 0 Å². The summed E-state index contributed by atoms with van der Waals surface area (Å²) in [5, 5.41) is 9.39. The molecule has 0 N–H and O–H groups in total. The molecule has 0 bridgehead atoms. The number of benzene rings is 4. The Morgan fingerprint density at radius 2 is 0.662 bits per heavy atom. The molecule has 4 nitrogen and oxygen atoms in total. The van der Waals surface area contributed by atoms with E-state index in [1.165, 1.54) is 50.5 Å². The Kier molecular flexibility index (Phi) is 22.8. The Morgan fingerprint density at radius 1 is 0.380 bits per heavy atom. The maximum absolute atomic E-state index is 4.70. The largest absolute Gasteiger partial charge is 0.317 e. The predicted octanol–water partition coefficient (Wildman–Crippen LogP) is 20.4. The summed E-state index contributed by atoms with van der Waals surface area (Å²) in [5.74, 6) is 5.90. The molecule has 0 saturated heterocycles. The Morgan fingerprint density at radius 3 is 0.873 bits per heavy atom. The molecule has 388 valence electrons. The lowest BCUT2D eigenvalue weighted by atomic mass is 9.80. The minimum absolute atomic E-state index is 0.0666. The van der Waals surface area contributed by atoms with Crippen LogP contribution in [0.4, 0.5) is 17.1 Å². The van der Waals surface area contributed by atoms with Crippen LogP contribution >= 0.6 is 0 Å². The van der Waals surface area contributed by atoms with Gasteiger partial charge >= 0.3 is 0 Å². The topological polar surface area (TPSA) is 42.0 Å². The average Bonchev–Trinajstić information content (AvgIpc) is 3.61. The first kappa shape index (κ1) is 62.1. The molecule has 0 saturated carbocycles. The fourth-order valence-corrected chi connectivity index (χ4v) is 8.25. The summed E-state index contributed by atoms with van der Waals surface area (Å²) in [7, 11) is 0. The van der Waals surface area contributed by atoms with Crippen molar-refractivity contribution in [2.75, 3.05) is 0 Å². The van der Waals surface area contributed by atoms with Crippen molar-refractivity contribution in [2.24, 2.45) is 15.2 Å². The fourth-order valence-electron chi connectivity index (χ4n) is 8.25. The van der Waals surface area contributed by atoms with E-state index in [1.807, 2.05) is 30.3 Å². The molecular weight excluding hydrogens is 861 g/mol. The SMILES string of the molecule is C=Nc1ccccc1.CC(C)(C)c1cc(N=Nc2cc(C(C)(C)C)cc(C(C)(C)C)c2)cc(C(C)(C)C)c1.CCC#CCC.CCc1c(CC)c(CC)n(-c2cc(C(C)(C)C)cc(C(C)(C)C)c2)c1CC. The van der Waals surface area contributed by atoms with E-state index in [0.717, 1.165) is 55.6 Å². The van der Waals surface area contributed by atoms with Crippen LogP contribution < -0.4 is 0 Å². The van der Waals surface area contributed by atoms with Crippen LogP contribution in [0.2, 0.25) is 0 Å². The third kappa shape index (κ3) is 18.8. The Labute approximate surface area is 437 Å². The summed E-state index contributed by atoms with van der Waals surface area (Å²) < 4.78 is 2.60. The zero-order valence-corrected chi connectivity index (χ0v) is 49.8. The molecule has 0 unspecified atom stereocenters. The molecule has 5 aromatic rings. The van der Waals surface area contributed by atoms with Gasteiger partial charge in [0, 0.05) is 29.9 Å². The molecule has 0 spiro atoms. The molecule has 1 heterocycles. The standard InChI is InChI=1S/C28H42N2.C26H41N.C7H7N.C6H10/c1-25(2,3)19-13-20(26(4,5)6)16-23(15-19)29-30-24-17-21(27(7,8)9)14-22(18-24)28(10,11)12;1-11-21-22(12-2)24(14-4)27(23(21)13-3)20-16-18(25(5,6)7)15-19(17-20)26(8,9)10;1-8-7-5-3-2-4-6-7;1-3-5-6-4-2/h13-18H,1-12H3;15-17H,11-14H2,1-10H3;2-6H,1H2;3-4H2,1-2H3. The monoisotopic (exact) mass is 961 g/mol. The number of hydrogen-bond acceptors (Lipinski definition) is 3. The third-order valence-corrected chi connectivity index (χ3v) is 12.9. The smallest absolute Gasteiger partial charge is 0.0862 e. The van der Waals surface area contributed by atoms with Crippen molar-refractivity contribution in [3.63, 3.8) is 0 Å². The van der Waals surface area contributed by atoms with Gasteiger partial charge in [0.2, 0.25) is 0 Å². The minimum Gasteiger partial charge on any atom is -0.317 e. The van der Waals surface area contributed by atoms with E-state index in [0.29, 0.717) is 0 Å². The number of rotatable bonds is 8. The summed E-state index contributed by atoms with van der Waals surface area (Å²) in [5.41, 5.74) is 18.9. The van der Waals surface area contributed by atoms with Crippen LogP contribution in [0, 0.1) is 11.8 Å².